The standard InChI is InChI=1S/C12H19N3O3S/c1-4-14-12(16)15(3)9(2)10-5-7-11(8-6-10)19(13,17)18/h5-9H,4H2,1-3H3,(H,14,16)(H2,13,17,18). The van der Waals surface area contributed by atoms with Crippen LogP contribution in [0.1, 0.15) is 25.5 Å². The first-order valence-electron chi connectivity index (χ1n) is 5.90. The molecule has 1 unspecified atom stereocenters. The first kappa shape index (κ1) is 15.5. The fraction of sp³-hybridized carbons (Fsp3) is 0.417. The number of primary sulfonamides is 1. The monoisotopic (exact) mass is 285 g/mol. The van der Waals surface area contributed by atoms with Gasteiger partial charge in [0.1, 0.15) is 0 Å². The number of amides is 2. The van der Waals surface area contributed by atoms with Crippen molar-refractivity contribution in [2.24, 2.45) is 5.14 Å². The van der Waals surface area contributed by atoms with E-state index < -0.39 is 10.0 Å². The van der Waals surface area contributed by atoms with Gasteiger partial charge in [-0.3, -0.25) is 0 Å². The summed E-state index contributed by atoms with van der Waals surface area (Å²) in [5.41, 5.74) is 0.834. The Morgan fingerprint density at radius 2 is 1.89 bits per heavy atom. The number of nitrogens with one attached hydrogen (secondary N) is 1. The highest BCUT2D eigenvalue weighted by Crippen LogP contribution is 2.20. The van der Waals surface area contributed by atoms with Gasteiger partial charge < -0.3 is 10.2 Å². The van der Waals surface area contributed by atoms with Gasteiger partial charge in [0.25, 0.3) is 0 Å². The highest BCUT2D eigenvalue weighted by atomic mass is 32.2. The van der Waals surface area contributed by atoms with Crippen molar-refractivity contribution in [1.82, 2.24) is 10.2 Å². The summed E-state index contributed by atoms with van der Waals surface area (Å²) in [6, 6.07) is 5.84. The molecule has 1 rings (SSSR count). The fourth-order valence-electron chi connectivity index (χ4n) is 1.61. The van der Waals surface area contributed by atoms with E-state index in [0.717, 1.165) is 5.56 Å². The first-order chi connectivity index (χ1) is 8.77. The van der Waals surface area contributed by atoms with Crippen LogP contribution in [0.2, 0.25) is 0 Å². The Morgan fingerprint density at radius 1 is 1.37 bits per heavy atom. The van der Waals surface area contributed by atoms with Crippen molar-refractivity contribution in [3.8, 4) is 0 Å². The summed E-state index contributed by atoms with van der Waals surface area (Å²) < 4.78 is 22.3. The van der Waals surface area contributed by atoms with E-state index in [4.69, 9.17) is 5.14 Å². The third kappa shape index (κ3) is 3.93. The molecule has 0 aliphatic rings. The lowest BCUT2D eigenvalue weighted by atomic mass is 10.1. The molecule has 1 aromatic rings. The molecule has 19 heavy (non-hydrogen) atoms. The number of hydrogen-bond acceptors (Lipinski definition) is 3. The minimum Gasteiger partial charge on any atom is -0.338 e. The molecule has 0 radical (unpaired) electrons. The number of sulfonamides is 1. The largest absolute Gasteiger partial charge is 0.338 e. The van der Waals surface area contributed by atoms with Crippen LogP contribution < -0.4 is 10.5 Å². The van der Waals surface area contributed by atoms with Crippen molar-refractivity contribution in [1.29, 1.82) is 0 Å². The molecule has 106 valence electrons. The van der Waals surface area contributed by atoms with Crippen molar-refractivity contribution in [3.05, 3.63) is 29.8 Å². The fourth-order valence-corrected chi connectivity index (χ4v) is 2.13. The van der Waals surface area contributed by atoms with E-state index >= 15 is 0 Å². The first-order valence-corrected chi connectivity index (χ1v) is 7.45. The molecular formula is C12H19N3O3S. The van der Waals surface area contributed by atoms with E-state index in [2.05, 4.69) is 5.32 Å². The van der Waals surface area contributed by atoms with Gasteiger partial charge >= 0.3 is 6.03 Å². The number of carbonyl (C=O) groups is 1. The van der Waals surface area contributed by atoms with Gasteiger partial charge in [0.05, 0.1) is 10.9 Å². The molecule has 6 nitrogen and oxygen atoms in total. The topological polar surface area (TPSA) is 92.5 Å². The highest BCUT2D eigenvalue weighted by Gasteiger charge is 2.17. The van der Waals surface area contributed by atoms with Crippen LogP contribution in [0, 0.1) is 0 Å². The summed E-state index contributed by atoms with van der Waals surface area (Å²) in [4.78, 5) is 13.3. The second-order valence-corrected chi connectivity index (χ2v) is 5.80. The normalized spacial score (nSPS) is 12.8. The Hall–Kier alpha value is -1.60. The molecule has 1 aromatic carbocycles. The van der Waals surface area contributed by atoms with E-state index in [1.807, 2.05) is 13.8 Å². The van der Waals surface area contributed by atoms with E-state index in [9.17, 15) is 13.2 Å². The smallest absolute Gasteiger partial charge is 0.317 e. The van der Waals surface area contributed by atoms with E-state index in [1.54, 1.807) is 24.1 Å². The maximum Gasteiger partial charge on any atom is 0.317 e. The maximum absolute atomic E-state index is 11.7. The van der Waals surface area contributed by atoms with Gasteiger partial charge in [-0.05, 0) is 31.5 Å². The second-order valence-electron chi connectivity index (χ2n) is 4.24. The summed E-state index contributed by atoms with van der Waals surface area (Å²) in [5.74, 6) is 0. The summed E-state index contributed by atoms with van der Waals surface area (Å²) in [6.07, 6.45) is 0. The Balaban J connectivity index is 2.89. The summed E-state index contributed by atoms with van der Waals surface area (Å²) in [6.45, 7) is 4.26. The van der Waals surface area contributed by atoms with Crippen molar-refractivity contribution in [3.63, 3.8) is 0 Å². The van der Waals surface area contributed by atoms with Crippen LogP contribution in [0.5, 0.6) is 0 Å². The van der Waals surface area contributed by atoms with Crippen LogP contribution in [0.4, 0.5) is 4.79 Å². The Kier molecular flexibility index (Phi) is 4.90. The molecule has 2 amide bonds. The minimum absolute atomic E-state index is 0.0594. The van der Waals surface area contributed by atoms with Gasteiger partial charge in [0.2, 0.25) is 10.0 Å². The lowest BCUT2D eigenvalue weighted by Gasteiger charge is -2.25. The molecule has 3 N–H and O–H groups in total. The Bertz CT molecular complexity index is 540. The summed E-state index contributed by atoms with van der Waals surface area (Å²) in [5, 5.41) is 7.73. The second kappa shape index (κ2) is 6.03. The molecule has 0 aliphatic carbocycles. The highest BCUT2D eigenvalue weighted by molar-refractivity contribution is 7.89. The number of benzene rings is 1. The summed E-state index contributed by atoms with van der Waals surface area (Å²) >= 11 is 0. The van der Waals surface area contributed by atoms with Crippen LogP contribution in [-0.2, 0) is 10.0 Å². The zero-order chi connectivity index (χ0) is 14.6. The quantitative estimate of drug-likeness (QED) is 0.866. The van der Waals surface area contributed by atoms with E-state index in [1.165, 1.54) is 12.1 Å². The van der Waals surface area contributed by atoms with Crippen molar-refractivity contribution >= 4 is 16.1 Å². The van der Waals surface area contributed by atoms with Gasteiger partial charge in [0, 0.05) is 13.6 Å². The average Bonchev–Trinajstić information content (AvgIpc) is 2.36. The maximum atomic E-state index is 11.7. The molecule has 7 heteroatoms. The Labute approximate surface area is 113 Å². The predicted octanol–water partition coefficient (Wildman–Crippen LogP) is 1.06. The molecule has 0 saturated carbocycles. The SMILES string of the molecule is CCNC(=O)N(C)C(C)c1ccc(S(N)(=O)=O)cc1. The van der Waals surface area contributed by atoms with Crippen molar-refractivity contribution in [2.75, 3.05) is 13.6 Å². The third-order valence-electron chi connectivity index (χ3n) is 2.92. The van der Waals surface area contributed by atoms with Crippen LogP contribution >= 0.6 is 0 Å². The van der Waals surface area contributed by atoms with Crippen LogP contribution in [-0.4, -0.2) is 32.9 Å². The molecule has 0 aliphatic heterocycles. The molecule has 0 saturated heterocycles. The molecule has 1 atom stereocenters. The zero-order valence-electron chi connectivity index (χ0n) is 11.3. The number of nitrogens with zero attached hydrogens (tertiary/aromatic N) is 1. The van der Waals surface area contributed by atoms with Crippen LogP contribution in [0.3, 0.4) is 0 Å². The number of nitrogens with two attached hydrogens (primary N) is 1. The van der Waals surface area contributed by atoms with Crippen molar-refractivity contribution in [2.45, 2.75) is 24.8 Å². The molecule has 0 fully saturated rings. The van der Waals surface area contributed by atoms with Gasteiger partial charge in [-0.2, -0.15) is 0 Å². The minimum atomic E-state index is -3.68. The van der Waals surface area contributed by atoms with Gasteiger partial charge in [0.15, 0.2) is 0 Å². The lowest BCUT2D eigenvalue weighted by molar-refractivity contribution is 0.195. The summed E-state index contributed by atoms with van der Waals surface area (Å²) in [7, 11) is -2.00. The molecule has 0 heterocycles. The lowest BCUT2D eigenvalue weighted by Crippen LogP contribution is -2.38. The Morgan fingerprint density at radius 3 is 2.32 bits per heavy atom. The predicted molar refractivity (Wildman–Crippen MR) is 73.1 cm³/mol. The number of urea groups is 1. The third-order valence-corrected chi connectivity index (χ3v) is 3.85. The van der Waals surface area contributed by atoms with E-state index in [0.29, 0.717) is 6.54 Å². The van der Waals surface area contributed by atoms with E-state index in [-0.39, 0.29) is 17.0 Å². The van der Waals surface area contributed by atoms with Gasteiger partial charge in [-0.15, -0.1) is 0 Å². The van der Waals surface area contributed by atoms with Crippen LogP contribution in [0.15, 0.2) is 29.2 Å². The molecule has 0 aromatic heterocycles. The zero-order valence-corrected chi connectivity index (χ0v) is 12.1. The molecular weight excluding hydrogens is 266 g/mol. The van der Waals surface area contributed by atoms with Gasteiger partial charge in [-0.25, -0.2) is 18.4 Å². The molecule has 0 bridgehead atoms. The van der Waals surface area contributed by atoms with Crippen molar-refractivity contribution < 1.29 is 13.2 Å². The number of rotatable bonds is 4. The molecule has 0 spiro atoms. The van der Waals surface area contributed by atoms with Crippen LogP contribution in [0.25, 0.3) is 0 Å². The average molecular weight is 285 g/mol. The van der Waals surface area contributed by atoms with Gasteiger partial charge in [-0.1, -0.05) is 12.1 Å². The number of carbonyl (C=O) groups excluding carboxylic acids is 1. The number of hydrogen-bond donors (Lipinski definition) is 2.